The van der Waals surface area contributed by atoms with Crippen molar-refractivity contribution in [3.8, 4) is 5.75 Å². The molecule has 2 heteroatoms. The largest absolute Gasteiger partial charge is 0.508 e. The Morgan fingerprint density at radius 3 is 3.00 bits per heavy atom. The summed E-state index contributed by atoms with van der Waals surface area (Å²) in [6.07, 6.45) is 8.04. The topological polar surface area (TPSA) is 37.3 Å². The van der Waals surface area contributed by atoms with E-state index in [0.29, 0.717) is 35.2 Å². The maximum atomic E-state index is 12.7. The van der Waals surface area contributed by atoms with Gasteiger partial charge in [-0.1, -0.05) is 19.1 Å². The Morgan fingerprint density at radius 1 is 1.39 bits per heavy atom. The van der Waals surface area contributed by atoms with Crippen molar-refractivity contribution < 1.29 is 9.90 Å². The number of aromatic hydroxyl groups is 1. The smallest absolute Gasteiger partial charge is 0.139 e. The third-order valence-electron chi connectivity index (χ3n) is 7.02. The average molecular weight is 310 g/mol. The zero-order valence-electron chi connectivity index (χ0n) is 13.9. The molecule has 1 N–H and O–H groups in total. The Bertz CT molecular complexity index is 662. The van der Waals surface area contributed by atoms with Crippen LogP contribution in [-0.2, 0) is 11.2 Å². The second kappa shape index (κ2) is 5.22. The van der Waals surface area contributed by atoms with Gasteiger partial charge in [-0.05, 0) is 79.0 Å². The number of aryl methyl sites for hydroxylation is 1. The number of phenolic OH excluding ortho intramolecular Hbond substituents is 1. The van der Waals surface area contributed by atoms with Crippen LogP contribution in [0.25, 0.3) is 0 Å². The molecule has 0 aliphatic heterocycles. The van der Waals surface area contributed by atoms with Crippen molar-refractivity contribution in [2.75, 3.05) is 0 Å². The Morgan fingerprint density at radius 2 is 2.22 bits per heavy atom. The highest BCUT2D eigenvalue weighted by molar-refractivity contribution is 5.87. The van der Waals surface area contributed by atoms with Gasteiger partial charge >= 0.3 is 0 Å². The summed E-state index contributed by atoms with van der Waals surface area (Å²) in [6, 6.07) is 5.90. The molecule has 1 aromatic carbocycles. The quantitative estimate of drug-likeness (QED) is 0.809. The first kappa shape index (κ1) is 15.0. The first-order valence-electron chi connectivity index (χ1n) is 9.00. The summed E-state index contributed by atoms with van der Waals surface area (Å²) in [6.45, 7) is 6.15. The van der Waals surface area contributed by atoms with Crippen LogP contribution in [0.5, 0.6) is 5.75 Å². The van der Waals surface area contributed by atoms with E-state index in [4.69, 9.17) is 0 Å². The molecule has 0 unspecified atom stereocenters. The van der Waals surface area contributed by atoms with Crippen LogP contribution < -0.4 is 0 Å². The average Bonchev–Trinajstić information content (AvgIpc) is 2.78. The molecule has 0 radical (unpaired) electrons. The lowest BCUT2D eigenvalue weighted by atomic mass is 9.54. The molecule has 0 saturated heterocycles. The molecule has 4 rings (SSSR count). The van der Waals surface area contributed by atoms with Gasteiger partial charge in [0.15, 0.2) is 0 Å². The van der Waals surface area contributed by atoms with Crippen LogP contribution in [0.2, 0.25) is 0 Å². The van der Waals surface area contributed by atoms with E-state index in [1.54, 1.807) is 0 Å². The molecule has 3 aliphatic carbocycles. The van der Waals surface area contributed by atoms with Crippen molar-refractivity contribution in [1.82, 2.24) is 0 Å². The zero-order valence-corrected chi connectivity index (χ0v) is 13.9. The van der Waals surface area contributed by atoms with Gasteiger partial charge in [0.25, 0.3) is 0 Å². The van der Waals surface area contributed by atoms with Crippen molar-refractivity contribution in [1.29, 1.82) is 0 Å². The third-order valence-corrected chi connectivity index (χ3v) is 7.02. The molecule has 0 amide bonds. The standard InChI is InChI=1S/C21H26O2/c1-3-4-14-12-19(23)21(2)10-9-17-16-8-6-15(22)11-13(16)5-7-18(17)20(14)21/h3,6,8,11,14,17-18,20,22H,1,4-5,7,9-10,12H2,2H3/t14-,17+,18+,20-,21+/m0/s1. The van der Waals surface area contributed by atoms with Crippen molar-refractivity contribution in [3.63, 3.8) is 0 Å². The highest BCUT2D eigenvalue weighted by Crippen LogP contribution is 2.62. The second-order valence-electron chi connectivity index (χ2n) is 8.09. The lowest BCUT2D eigenvalue weighted by Crippen LogP contribution is -2.44. The van der Waals surface area contributed by atoms with Crippen LogP contribution in [0.4, 0.5) is 0 Å². The van der Waals surface area contributed by atoms with Gasteiger partial charge in [0.05, 0.1) is 0 Å². The maximum Gasteiger partial charge on any atom is 0.139 e. The molecule has 0 spiro atoms. The van der Waals surface area contributed by atoms with Gasteiger partial charge in [0.1, 0.15) is 11.5 Å². The number of benzene rings is 1. The number of phenols is 1. The molecule has 2 fully saturated rings. The van der Waals surface area contributed by atoms with Gasteiger partial charge in [-0.2, -0.15) is 0 Å². The zero-order chi connectivity index (χ0) is 16.2. The van der Waals surface area contributed by atoms with E-state index in [-0.39, 0.29) is 5.41 Å². The van der Waals surface area contributed by atoms with Crippen LogP contribution in [0.15, 0.2) is 30.9 Å². The van der Waals surface area contributed by atoms with Crippen LogP contribution in [-0.4, -0.2) is 10.9 Å². The molecule has 122 valence electrons. The fraction of sp³-hybridized carbons (Fsp3) is 0.571. The second-order valence-corrected chi connectivity index (χ2v) is 8.09. The molecular weight excluding hydrogens is 284 g/mol. The number of rotatable bonds is 2. The first-order chi connectivity index (χ1) is 11.0. The number of hydrogen-bond acceptors (Lipinski definition) is 2. The summed E-state index contributed by atoms with van der Waals surface area (Å²) in [7, 11) is 0. The monoisotopic (exact) mass is 310 g/mol. The summed E-state index contributed by atoms with van der Waals surface area (Å²) >= 11 is 0. The third kappa shape index (κ3) is 2.10. The molecule has 0 heterocycles. The van der Waals surface area contributed by atoms with E-state index in [9.17, 15) is 9.90 Å². The number of ketones is 1. The molecule has 23 heavy (non-hydrogen) atoms. The molecule has 5 atom stereocenters. The van der Waals surface area contributed by atoms with Crippen molar-refractivity contribution in [2.24, 2.45) is 23.2 Å². The maximum absolute atomic E-state index is 12.7. The summed E-state index contributed by atoms with van der Waals surface area (Å²) in [4.78, 5) is 12.7. The first-order valence-corrected chi connectivity index (χ1v) is 9.00. The minimum atomic E-state index is -0.108. The molecule has 0 bridgehead atoms. The van der Waals surface area contributed by atoms with Crippen molar-refractivity contribution in [3.05, 3.63) is 42.0 Å². The highest BCUT2D eigenvalue weighted by atomic mass is 16.3. The Balaban J connectivity index is 1.73. The SMILES string of the molecule is C=CC[C@H]1CC(=O)[C@@]2(C)CC[C@@H]3c4ccc(O)cc4CC[C@H]3[C@H]12. The van der Waals surface area contributed by atoms with Gasteiger partial charge < -0.3 is 5.11 Å². The van der Waals surface area contributed by atoms with Crippen LogP contribution in [0.1, 0.15) is 56.1 Å². The lowest BCUT2D eigenvalue weighted by Gasteiger charge is -2.49. The summed E-state index contributed by atoms with van der Waals surface area (Å²) in [5, 5.41) is 9.77. The highest BCUT2D eigenvalue weighted by Gasteiger charge is 2.58. The van der Waals surface area contributed by atoms with E-state index in [0.717, 1.165) is 38.5 Å². The predicted molar refractivity (Wildman–Crippen MR) is 91.4 cm³/mol. The van der Waals surface area contributed by atoms with Gasteiger partial charge in [-0.15, -0.1) is 6.58 Å². The molecule has 1 aromatic rings. The Labute approximate surface area is 138 Å². The van der Waals surface area contributed by atoms with E-state index >= 15 is 0 Å². The molecule has 3 aliphatic rings. The van der Waals surface area contributed by atoms with Gasteiger partial charge in [-0.3, -0.25) is 4.79 Å². The van der Waals surface area contributed by atoms with Crippen LogP contribution >= 0.6 is 0 Å². The summed E-state index contributed by atoms with van der Waals surface area (Å²) in [5.41, 5.74) is 2.64. The van der Waals surface area contributed by atoms with Crippen LogP contribution in [0.3, 0.4) is 0 Å². The minimum absolute atomic E-state index is 0.108. The number of Topliss-reactive ketones (excluding diaryl/α,β-unsaturated/α-hetero) is 1. The normalized spacial score (nSPS) is 38.6. The summed E-state index contributed by atoms with van der Waals surface area (Å²) < 4.78 is 0. The van der Waals surface area contributed by atoms with Gasteiger partial charge in [-0.25, -0.2) is 0 Å². The number of allylic oxidation sites excluding steroid dienone is 1. The molecule has 2 saturated carbocycles. The number of hydrogen-bond donors (Lipinski definition) is 1. The van der Waals surface area contributed by atoms with Crippen LogP contribution in [0, 0.1) is 23.2 Å². The van der Waals surface area contributed by atoms with E-state index in [2.05, 4.69) is 19.6 Å². The number of carbonyl (C=O) groups excluding carboxylic acids is 1. The van der Waals surface area contributed by atoms with E-state index < -0.39 is 0 Å². The summed E-state index contributed by atoms with van der Waals surface area (Å²) in [5.74, 6) is 3.04. The van der Waals surface area contributed by atoms with Crippen molar-refractivity contribution in [2.45, 2.75) is 51.4 Å². The number of carbonyl (C=O) groups is 1. The fourth-order valence-corrected chi connectivity index (χ4v) is 6.06. The van der Waals surface area contributed by atoms with E-state index in [1.165, 1.54) is 11.1 Å². The Kier molecular flexibility index (Phi) is 3.40. The van der Waals surface area contributed by atoms with E-state index in [1.807, 2.05) is 18.2 Å². The lowest BCUT2D eigenvalue weighted by molar-refractivity contribution is -0.129. The molecular formula is C21H26O2. The Hall–Kier alpha value is -1.57. The fourth-order valence-electron chi connectivity index (χ4n) is 6.06. The molecule has 0 aromatic heterocycles. The van der Waals surface area contributed by atoms with Gasteiger partial charge in [0.2, 0.25) is 0 Å². The van der Waals surface area contributed by atoms with Crippen molar-refractivity contribution >= 4 is 5.78 Å². The minimum Gasteiger partial charge on any atom is -0.508 e. The van der Waals surface area contributed by atoms with Gasteiger partial charge in [0, 0.05) is 11.8 Å². The molecule has 2 nitrogen and oxygen atoms in total. The number of fused-ring (bicyclic) bond motifs is 5. The predicted octanol–water partition coefficient (Wildman–Crippen LogP) is 4.62.